The highest BCUT2D eigenvalue weighted by Crippen LogP contribution is 2.10. The van der Waals surface area contributed by atoms with Crippen molar-refractivity contribution in [1.82, 2.24) is 0 Å². The van der Waals surface area contributed by atoms with Crippen molar-refractivity contribution in [2.24, 2.45) is 5.92 Å². The van der Waals surface area contributed by atoms with Crippen LogP contribution in [0.4, 0.5) is 0 Å². The second-order valence-corrected chi connectivity index (χ2v) is 4.24. The molecule has 0 aliphatic heterocycles. The van der Waals surface area contributed by atoms with Crippen LogP contribution in [0.15, 0.2) is 30.3 Å². The third kappa shape index (κ3) is 4.78. The van der Waals surface area contributed by atoms with Gasteiger partial charge in [0.25, 0.3) is 0 Å². The smallest absolute Gasteiger partial charge is 0.133 e. The lowest BCUT2D eigenvalue weighted by molar-refractivity contribution is -0.119. The molecule has 0 amide bonds. The van der Waals surface area contributed by atoms with Crippen molar-refractivity contribution in [3.05, 3.63) is 35.9 Å². The standard InChI is InChI=1S/C14H20O/c1-3-12(2)11-14(15)10-9-13-7-5-4-6-8-13/h4-8,12H,3,9-11H2,1-2H3. The Kier molecular flexibility index (Phi) is 5.09. The number of ketones is 1. The van der Waals surface area contributed by atoms with Gasteiger partial charge in [0.15, 0.2) is 0 Å². The molecule has 0 aliphatic rings. The molecule has 15 heavy (non-hydrogen) atoms. The normalized spacial score (nSPS) is 12.4. The Labute approximate surface area is 92.5 Å². The van der Waals surface area contributed by atoms with Crippen molar-refractivity contribution >= 4 is 5.78 Å². The minimum Gasteiger partial charge on any atom is -0.300 e. The van der Waals surface area contributed by atoms with Crippen molar-refractivity contribution in [1.29, 1.82) is 0 Å². The van der Waals surface area contributed by atoms with Gasteiger partial charge in [-0.05, 0) is 17.9 Å². The van der Waals surface area contributed by atoms with E-state index in [2.05, 4.69) is 26.0 Å². The summed E-state index contributed by atoms with van der Waals surface area (Å²) < 4.78 is 0. The Morgan fingerprint density at radius 1 is 1.27 bits per heavy atom. The van der Waals surface area contributed by atoms with Crippen LogP contribution in [0.25, 0.3) is 0 Å². The van der Waals surface area contributed by atoms with Crippen LogP contribution in [0, 0.1) is 5.92 Å². The molecule has 0 radical (unpaired) electrons. The van der Waals surface area contributed by atoms with Crippen molar-refractivity contribution in [3.8, 4) is 0 Å². The van der Waals surface area contributed by atoms with E-state index in [0.29, 0.717) is 18.1 Å². The topological polar surface area (TPSA) is 17.1 Å². The summed E-state index contributed by atoms with van der Waals surface area (Å²) in [7, 11) is 0. The van der Waals surface area contributed by atoms with E-state index in [-0.39, 0.29) is 0 Å². The summed E-state index contributed by atoms with van der Waals surface area (Å²) in [6.45, 7) is 4.27. The molecule has 1 rings (SSSR count). The average molecular weight is 204 g/mol. The van der Waals surface area contributed by atoms with Gasteiger partial charge in [-0.15, -0.1) is 0 Å². The van der Waals surface area contributed by atoms with Crippen molar-refractivity contribution in [2.75, 3.05) is 0 Å². The highest BCUT2D eigenvalue weighted by atomic mass is 16.1. The molecule has 0 N–H and O–H groups in total. The minimum atomic E-state index is 0.396. The van der Waals surface area contributed by atoms with Gasteiger partial charge < -0.3 is 0 Å². The first-order valence-corrected chi connectivity index (χ1v) is 5.78. The maximum absolute atomic E-state index is 11.6. The molecule has 0 aromatic heterocycles. The van der Waals surface area contributed by atoms with Crippen LogP contribution in [-0.2, 0) is 11.2 Å². The summed E-state index contributed by atoms with van der Waals surface area (Å²) in [5.41, 5.74) is 1.26. The third-order valence-corrected chi connectivity index (χ3v) is 2.81. The second-order valence-electron chi connectivity index (χ2n) is 4.24. The van der Waals surface area contributed by atoms with Crippen molar-refractivity contribution < 1.29 is 4.79 Å². The van der Waals surface area contributed by atoms with E-state index in [0.717, 1.165) is 19.3 Å². The first-order valence-electron chi connectivity index (χ1n) is 5.78. The van der Waals surface area contributed by atoms with E-state index >= 15 is 0 Å². The van der Waals surface area contributed by atoms with Gasteiger partial charge in [0.05, 0.1) is 0 Å². The lowest BCUT2D eigenvalue weighted by Crippen LogP contribution is -2.05. The second kappa shape index (κ2) is 6.39. The lowest BCUT2D eigenvalue weighted by Gasteiger charge is -2.06. The molecule has 1 heteroatoms. The van der Waals surface area contributed by atoms with E-state index in [1.807, 2.05) is 18.2 Å². The fourth-order valence-electron chi connectivity index (χ4n) is 1.56. The van der Waals surface area contributed by atoms with Crippen LogP contribution >= 0.6 is 0 Å². The quantitative estimate of drug-likeness (QED) is 0.691. The summed E-state index contributed by atoms with van der Waals surface area (Å²) in [6, 6.07) is 10.2. The number of rotatable bonds is 6. The predicted molar refractivity (Wildman–Crippen MR) is 63.8 cm³/mol. The molecule has 1 unspecified atom stereocenters. The van der Waals surface area contributed by atoms with E-state index in [1.54, 1.807) is 0 Å². The van der Waals surface area contributed by atoms with E-state index in [1.165, 1.54) is 5.56 Å². The molecule has 1 nitrogen and oxygen atoms in total. The fourth-order valence-corrected chi connectivity index (χ4v) is 1.56. The van der Waals surface area contributed by atoms with Crippen LogP contribution < -0.4 is 0 Å². The number of hydrogen-bond acceptors (Lipinski definition) is 1. The van der Waals surface area contributed by atoms with Gasteiger partial charge in [-0.2, -0.15) is 0 Å². The summed E-state index contributed by atoms with van der Waals surface area (Å²) >= 11 is 0. The molecular weight excluding hydrogens is 184 g/mol. The molecule has 0 fully saturated rings. The van der Waals surface area contributed by atoms with Gasteiger partial charge in [-0.25, -0.2) is 0 Å². The predicted octanol–water partition coefficient (Wildman–Crippen LogP) is 3.62. The van der Waals surface area contributed by atoms with Gasteiger partial charge in [0, 0.05) is 12.8 Å². The highest BCUT2D eigenvalue weighted by molar-refractivity contribution is 5.78. The fraction of sp³-hybridized carbons (Fsp3) is 0.500. The summed E-state index contributed by atoms with van der Waals surface area (Å²) in [5.74, 6) is 0.932. The molecule has 0 saturated carbocycles. The first-order chi connectivity index (χ1) is 7.22. The van der Waals surface area contributed by atoms with Gasteiger partial charge in [-0.3, -0.25) is 4.79 Å². The van der Waals surface area contributed by atoms with E-state index in [4.69, 9.17) is 0 Å². The zero-order chi connectivity index (χ0) is 11.1. The molecule has 0 bridgehead atoms. The molecule has 1 aromatic rings. The Morgan fingerprint density at radius 2 is 1.93 bits per heavy atom. The molecule has 82 valence electrons. The number of Topliss-reactive ketones (excluding diaryl/α,β-unsaturated/α-hetero) is 1. The van der Waals surface area contributed by atoms with Crippen LogP contribution in [0.2, 0.25) is 0 Å². The highest BCUT2D eigenvalue weighted by Gasteiger charge is 2.07. The number of benzene rings is 1. The van der Waals surface area contributed by atoms with Gasteiger partial charge in [0.1, 0.15) is 5.78 Å². The van der Waals surface area contributed by atoms with Crippen LogP contribution in [0.3, 0.4) is 0 Å². The van der Waals surface area contributed by atoms with E-state index < -0.39 is 0 Å². The summed E-state index contributed by atoms with van der Waals surface area (Å²) in [5, 5.41) is 0. The van der Waals surface area contributed by atoms with Crippen LogP contribution in [0.5, 0.6) is 0 Å². The largest absolute Gasteiger partial charge is 0.300 e. The van der Waals surface area contributed by atoms with E-state index in [9.17, 15) is 4.79 Å². The van der Waals surface area contributed by atoms with Gasteiger partial charge >= 0.3 is 0 Å². The molecule has 1 atom stereocenters. The SMILES string of the molecule is CCC(C)CC(=O)CCc1ccccc1. The minimum absolute atomic E-state index is 0.396. The molecule has 0 heterocycles. The molecular formula is C14H20O. The molecule has 0 aliphatic carbocycles. The van der Waals surface area contributed by atoms with Crippen molar-refractivity contribution in [2.45, 2.75) is 39.5 Å². The third-order valence-electron chi connectivity index (χ3n) is 2.81. The lowest BCUT2D eigenvalue weighted by atomic mass is 9.98. The summed E-state index contributed by atoms with van der Waals surface area (Å²) in [6.07, 6.45) is 3.41. The maximum atomic E-state index is 11.6. The number of hydrogen-bond donors (Lipinski definition) is 0. The van der Waals surface area contributed by atoms with Crippen LogP contribution in [-0.4, -0.2) is 5.78 Å². The number of carbonyl (C=O) groups is 1. The van der Waals surface area contributed by atoms with Crippen LogP contribution in [0.1, 0.15) is 38.7 Å². The first kappa shape index (κ1) is 12.0. The molecule has 0 spiro atoms. The molecule has 1 aromatic carbocycles. The Morgan fingerprint density at radius 3 is 2.53 bits per heavy atom. The van der Waals surface area contributed by atoms with Crippen molar-refractivity contribution in [3.63, 3.8) is 0 Å². The Hall–Kier alpha value is -1.11. The van der Waals surface area contributed by atoms with Gasteiger partial charge in [0.2, 0.25) is 0 Å². The zero-order valence-electron chi connectivity index (χ0n) is 9.70. The van der Waals surface area contributed by atoms with Gasteiger partial charge in [-0.1, -0.05) is 50.6 Å². The monoisotopic (exact) mass is 204 g/mol. The number of aryl methyl sites for hydroxylation is 1. The summed E-state index contributed by atoms with van der Waals surface area (Å²) in [4.78, 5) is 11.6. The maximum Gasteiger partial charge on any atom is 0.133 e. The number of carbonyl (C=O) groups excluding carboxylic acids is 1. The average Bonchev–Trinajstić information content (AvgIpc) is 2.27. The molecule has 0 saturated heterocycles. The Bertz CT molecular complexity index is 289. The zero-order valence-corrected chi connectivity index (χ0v) is 9.70. The Balaban J connectivity index is 2.29.